The number of aliphatic hydroxyl groups excluding tert-OH is 1. The number of methoxy groups -OCH3 is 1. The van der Waals surface area contributed by atoms with Crippen LogP contribution in [0.3, 0.4) is 0 Å². The largest absolute Gasteiger partial charge is 0.467 e. The number of rotatable bonds is 18. The highest BCUT2D eigenvalue weighted by Gasteiger charge is 2.50. The van der Waals surface area contributed by atoms with Crippen LogP contribution in [0.15, 0.2) is 133 Å². The molecule has 0 amide bonds. The minimum atomic E-state index is -0.749. The van der Waals surface area contributed by atoms with Gasteiger partial charge in [-0.1, -0.05) is 133 Å². The zero-order valence-electron chi connectivity index (χ0n) is 29.2. The third-order valence-electron chi connectivity index (χ3n) is 8.87. The lowest BCUT2D eigenvalue weighted by atomic mass is 9.89. The summed E-state index contributed by atoms with van der Waals surface area (Å²) in [4.78, 5) is 0. The summed E-state index contributed by atoms with van der Waals surface area (Å²) >= 11 is 6.60. The molecule has 1 aliphatic heterocycles. The molecule has 1 N–H and O–H groups in total. The van der Waals surface area contributed by atoms with Crippen LogP contribution in [0.2, 0.25) is 5.02 Å². The summed E-state index contributed by atoms with van der Waals surface area (Å²) in [5.74, 6) is 0.441. The van der Waals surface area contributed by atoms with Crippen molar-refractivity contribution in [1.82, 2.24) is 0 Å². The molecule has 5 aromatic carbocycles. The Labute approximate surface area is 310 Å². The summed E-state index contributed by atoms with van der Waals surface area (Å²) in [5.41, 5.74) is 5.19. The lowest BCUT2D eigenvalue weighted by Gasteiger charge is -2.46. The van der Waals surface area contributed by atoms with Gasteiger partial charge < -0.3 is 38.3 Å². The Hall–Kier alpha value is -4.09. The Morgan fingerprint density at radius 2 is 1.10 bits per heavy atom. The summed E-state index contributed by atoms with van der Waals surface area (Å²) in [5, 5.41) is 10.7. The average Bonchev–Trinajstić information content (AvgIpc) is 3.19. The van der Waals surface area contributed by atoms with E-state index in [0.29, 0.717) is 41.7 Å². The van der Waals surface area contributed by atoms with Crippen molar-refractivity contribution in [2.24, 2.45) is 0 Å². The van der Waals surface area contributed by atoms with E-state index in [1.54, 1.807) is 19.2 Å². The molecule has 0 saturated carbocycles. The van der Waals surface area contributed by atoms with E-state index >= 15 is 0 Å². The maximum Gasteiger partial charge on any atom is 0.188 e. The average molecular weight is 725 g/mol. The van der Waals surface area contributed by atoms with Crippen LogP contribution in [0.1, 0.15) is 39.5 Å². The van der Waals surface area contributed by atoms with E-state index in [1.807, 2.05) is 121 Å². The number of hydrogen-bond acceptors (Lipinski definition) is 8. The van der Waals surface area contributed by atoms with Gasteiger partial charge in [0, 0.05) is 17.7 Å². The molecule has 0 bridgehead atoms. The van der Waals surface area contributed by atoms with E-state index in [0.717, 1.165) is 22.3 Å². The minimum absolute atomic E-state index is 0.0234. The fourth-order valence-electron chi connectivity index (χ4n) is 6.25. The predicted molar refractivity (Wildman–Crippen MR) is 199 cm³/mol. The molecule has 9 heteroatoms. The highest BCUT2D eigenvalue weighted by Crippen LogP contribution is 2.43. The fraction of sp³-hybridized carbons (Fsp3) is 0.302. The molecular weight excluding hydrogens is 680 g/mol. The van der Waals surface area contributed by atoms with Gasteiger partial charge in [0.25, 0.3) is 0 Å². The minimum Gasteiger partial charge on any atom is -0.467 e. The first kappa shape index (κ1) is 37.7. The topological polar surface area (TPSA) is 84.8 Å². The van der Waals surface area contributed by atoms with Gasteiger partial charge in [0.05, 0.1) is 39.6 Å². The van der Waals surface area contributed by atoms with Crippen LogP contribution in [-0.4, -0.2) is 50.0 Å². The first-order valence-corrected chi connectivity index (χ1v) is 17.8. The first-order valence-electron chi connectivity index (χ1n) is 17.4. The van der Waals surface area contributed by atoms with Gasteiger partial charge in [-0.05, 0) is 39.9 Å². The van der Waals surface area contributed by atoms with E-state index in [4.69, 9.17) is 44.8 Å². The lowest BCUT2D eigenvalue weighted by Crippen LogP contribution is -2.58. The number of benzene rings is 5. The summed E-state index contributed by atoms with van der Waals surface area (Å²) in [6.45, 7) is 1.20. The van der Waals surface area contributed by atoms with Gasteiger partial charge in [0.2, 0.25) is 0 Å². The van der Waals surface area contributed by atoms with Crippen LogP contribution in [0.25, 0.3) is 0 Å². The molecule has 1 saturated heterocycles. The number of halogens is 1. The highest BCUT2D eigenvalue weighted by molar-refractivity contribution is 6.31. The van der Waals surface area contributed by atoms with Crippen LogP contribution < -0.4 is 4.74 Å². The molecule has 52 heavy (non-hydrogen) atoms. The van der Waals surface area contributed by atoms with E-state index < -0.39 is 30.5 Å². The SMILES string of the molecule is COCOc1cc(Cl)c(CO)cc1C1O[C@H](COCc2ccccc2)[C@@H](OCc2ccccc2)[C@H](OCc2ccccc2)[C@H]1OCc1ccccc1. The molecule has 1 unspecified atom stereocenters. The van der Waals surface area contributed by atoms with Crippen molar-refractivity contribution in [3.05, 3.63) is 172 Å². The van der Waals surface area contributed by atoms with Crippen molar-refractivity contribution in [1.29, 1.82) is 0 Å². The first-order chi connectivity index (χ1) is 25.6. The van der Waals surface area contributed by atoms with Crippen molar-refractivity contribution < 1.29 is 38.3 Å². The van der Waals surface area contributed by atoms with Crippen molar-refractivity contribution in [2.45, 2.75) is 63.6 Å². The van der Waals surface area contributed by atoms with Crippen LogP contribution in [0.5, 0.6) is 5.75 Å². The Bertz CT molecular complexity index is 1760. The molecule has 5 atom stereocenters. The second kappa shape index (κ2) is 19.7. The van der Waals surface area contributed by atoms with Crippen LogP contribution in [-0.2, 0) is 61.5 Å². The summed E-state index contributed by atoms with van der Waals surface area (Å²) < 4.78 is 45.3. The second-order valence-electron chi connectivity index (χ2n) is 12.6. The predicted octanol–water partition coefficient (Wildman–Crippen LogP) is 8.23. The zero-order chi connectivity index (χ0) is 36.0. The Balaban J connectivity index is 1.42. The van der Waals surface area contributed by atoms with E-state index in [1.165, 1.54) is 0 Å². The number of hydrogen-bond donors (Lipinski definition) is 1. The lowest BCUT2D eigenvalue weighted by molar-refractivity contribution is -0.275. The van der Waals surface area contributed by atoms with Gasteiger partial charge in [-0.15, -0.1) is 0 Å². The van der Waals surface area contributed by atoms with Gasteiger partial charge in [-0.2, -0.15) is 0 Å². The maximum absolute atomic E-state index is 10.3. The van der Waals surface area contributed by atoms with Gasteiger partial charge in [0.15, 0.2) is 6.79 Å². The molecule has 1 fully saturated rings. The molecule has 0 aliphatic carbocycles. The second-order valence-corrected chi connectivity index (χ2v) is 13.0. The normalized spacial score (nSPS) is 20.1. The molecule has 1 heterocycles. The van der Waals surface area contributed by atoms with Crippen LogP contribution in [0, 0.1) is 0 Å². The summed E-state index contributed by atoms with van der Waals surface area (Å²) in [6.07, 6.45) is -3.29. The van der Waals surface area contributed by atoms with E-state index in [-0.39, 0.29) is 26.6 Å². The monoisotopic (exact) mass is 724 g/mol. The Kier molecular flexibility index (Phi) is 14.2. The van der Waals surface area contributed by atoms with Gasteiger partial charge in [-0.3, -0.25) is 0 Å². The van der Waals surface area contributed by atoms with E-state index in [9.17, 15) is 5.11 Å². The Morgan fingerprint density at radius 3 is 1.60 bits per heavy atom. The number of aliphatic hydroxyl groups is 1. The van der Waals surface area contributed by atoms with Crippen molar-refractivity contribution >= 4 is 11.6 Å². The standard InChI is InChI=1S/C43H45ClO8/c1-46-30-51-38-23-37(44)35(24-45)22-36(38)40-42(49-27-33-18-10-4-11-19-33)43(50-28-34-20-12-5-13-21-34)41(48-26-32-16-8-3-9-17-32)39(52-40)29-47-25-31-14-6-2-7-15-31/h2-23,39-43,45H,24-30H2,1H3/t39-,40?,41-,42+,43+/m1/s1. The van der Waals surface area contributed by atoms with Crippen LogP contribution in [0.4, 0.5) is 0 Å². The van der Waals surface area contributed by atoms with Gasteiger partial charge >= 0.3 is 0 Å². The molecule has 5 aromatic rings. The van der Waals surface area contributed by atoms with Crippen LogP contribution >= 0.6 is 11.6 Å². The molecule has 0 spiro atoms. The zero-order valence-corrected chi connectivity index (χ0v) is 30.0. The molecule has 8 nitrogen and oxygen atoms in total. The molecule has 0 aromatic heterocycles. The highest BCUT2D eigenvalue weighted by atomic mass is 35.5. The number of ether oxygens (including phenoxy) is 7. The summed E-state index contributed by atoms with van der Waals surface area (Å²) in [6, 6.07) is 43.5. The smallest absolute Gasteiger partial charge is 0.188 e. The molecule has 272 valence electrons. The van der Waals surface area contributed by atoms with E-state index in [2.05, 4.69) is 0 Å². The third-order valence-corrected chi connectivity index (χ3v) is 9.22. The Morgan fingerprint density at radius 1 is 0.615 bits per heavy atom. The molecular formula is C43H45ClO8. The quantitative estimate of drug-likeness (QED) is 0.0906. The summed E-state index contributed by atoms with van der Waals surface area (Å²) in [7, 11) is 1.55. The molecule has 0 radical (unpaired) electrons. The molecule has 1 aliphatic rings. The van der Waals surface area contributed by atoms with Gasteiger partial charge in [0.1, 0.15) is 36.3 Å². The van der Waals surface area contributed by atoms with Crippen molar-refractivity contribution in [2.75, 3.05) is 20.5 Å². The fourth-order valence-corrected chi connectivity index (χ4v) is 6.46. The van der Waals surface area contributed by atoms with Crippen molar-refractivity contribution in [3.8, 4) is 5.75 Å². The maximum atomic E-state index is 10.3. The third kappa shape index (κ3) is 10.3. The van der Waals surface area contributed by atoms with Gasteiger partial charge in [-0.25, -0.2) is 0 Å². The molecule has 6 rings (SSSR count). The van der Waals surface area contributed by atoms with Crippen molar-refractivity contribution in [3.63, 3.8) is 0 Å².